The van der Waals surface area contributed by atoms with Gasteiger partial charge in [-0.15, -0.1) is 0 Å². The molecule has 0 spiro atoms. The van der Waals surface area contributed by atoms with Gasteiger partial charge in [-0.2, -0.15) is 0 Å². The van der Waals surface area contributed by atoms with E-state index in [9.17, 15) is 10.2 Å². The summed E-state index contributed by atoms with van der Waals surface area (Å²) >= 11 is 0. The van der Waals surface area contributed by atoms with Crippen molar-refractivity contribution in [2.75, 3.05) is 0 Å². The quantitative estimate of drug-likeness (QED) is 0.528. The van der Waals surface area contributed by atoms with Crippen LogP contribution in [0.15, 0.2) is 34.1 Å². The zero-order chi connectivity index (χ0) is 20.2. The van der Waals surface area contributed by atoms with Crippen LogP contribution < -0.4 is 0 Å². The minimum absolute atomic E-state index is 0.0298. The van der Waals surface area contributed by atoms with Crippen LogP contribution in [0.4, 0.5) is 0 Å². The van der Waals surface area contributed by atoms with Gasteiger partial charge in [0.25, 0.3) is 0 Å². The Hall–Kier alpha value is -1.02. The molecule has 0 unspecified atom stereocenters. The van der Waals surface area contributed by atoms with Gasteiger partial charge in [0.05, 0.1) is 6.10 Å². The van der Waals surface area contributed by atoms with Gasteiger partial charge in [-0.05, 0) is 60.0 Å². The highest BCUT2D eigenvalue weighted by Gasteiger charge is 2.45. The molecule has 2 aliphatic rings. The standard InChI is InChI=1S/C24H40O2/c1-13-11-17(23(5,6)7)21(25)19(15(13)3)20-16(4)14(2)12-18(22(20)26)24(8,9)10/h11,13,15,18,20,22,25-26H,12H2,1-10H3/t13-,15-,18-,20-,22-/m0/s1. The van der Waals surface area contributed by atoms with E-state index in [0.717, 1.165) is 17.6 Å². The molecule has 0 radical (unpaired) electrons. The molecular formula is C24H40O2. The Morgan fingerprint density at radius 3 is 2.00 bits per heavy atom. The van der Waals surface area contributed by atoms with Crippen molar-refractivity contribution in [3.63, 3.8) is 0 Å². The van der Waals surface area contributed by atoms with Crippen LogP contribution in [0.5, 0.6) is 0 Å². The van der Waals surface area contributed by atoms with Gasteiger partial charge < -0.3 is 10.2 Å². The Bertz CT molecular complexity index is 649. The zero-order valence-electron chi connectivity index (χ0n) is 18.6. The molecule has 2 aliphatic carbocycles. The summed E-state index contributed by atoms with van der Waals surface area (Å²) in [6, 6.07) is 0. The molecule has 148 valence electrons. The van der Waals surface area contributed by atoms with Crippen molar-refractivity contribution < 1.29 is 10.2 Å². The van der Waals surface area contributed by atoms with E-state index in [1.54, 1.807) is 0 Å². The maximum Gasteiger partial charge on any atom is 0.119 e. The largest absolute Gasteiger partial charge is 0.508 e. The van der Waals surface area contributed by atoms with Crippen LogP contribution in [0, 0.1) is 34.5 Å². The number of hydrogen-bond donors (Lipinski definition) is 2. The minimum Gasteiger partial charge on any atom is -0.508 e. The number of aliphatic hydroxyl groups is 2. The van der Waals surface area contributed by atoms with E-state index in [4.69, 9.17) is 0 Å². The van der Waals surface area contributed by atoms with Crippen molar-refractivity contribution >= 4 is 0 Å². The smallest absolute Gasteiger partial charge is 0.119 e. The topological polar surface area (TPSA) is 40.5 Å². The minimum atomic E-state index is -0.454. The maximum atomic E-state index is 11.4. The summed E-state index contributed by atoms with van der Waals surface area (Å²) in [7, 11) is 0. The van der Waals surface area contributed by atoms with E-state index in [2.05, 4.69) is 75.3 Å². The molecule has 2 N–H and O–H groups in total. The van der Waals surface area contributed by atoms with Gasteiger partial charge in [0.2, 0.25) is 0 Å². The lowest BCUT2D eigenvalue weighted by Gasteiger charge is -2.46. The lowest BCUT2D eigenvalue weighted by Crippen LogP contribution is -2.44. The number of aliphatic hydroxyl groups excluding tert-OH is 2. The molecule has 0 amide bonds. The van der Waals surface area contributed by atoms with Gasteiger partial charge in [-0.1, -0.05) is 72.6 Å². The summed E-state index contributed by atoms with van der Waals surface area (Å²) < 4.78 is 0. The first kappa shape index (κ1) is 21.3. The van der Waals surface area contributed by atoms with Crippen molar-refractivity contribution in [1.82, 2.24) is 0 Å². The summed E-state index contributed by atoms with van der Waals surface area (Å²) in [5.74, 6) is 1.11. The van der Waals surface area contributed by atoms with E-state index >= 15 is 0 Å². The number of rotatable bonds is 1. The first-order valence-corrected chi connectivity index (χ1v) is 10.2. The third-order valence-corrected chi connectivity index (χ3v) is 6.91. The van der Waals surface area contributed by atoms with Crippen molar-refractivity contribution in [3.8, 4) is 0 Å². The van der Waals surface area contributed by atoms with Gasteiger partial charge in [0, 0.05) is 5.92 Å². The van der Waals surface area contributed by atoms with Crippen LogP contribution in [0.1, 0.15) is 75.7 Å². The first-order chi connectivity index (χ1) is 11.7. The third kappa shape index (κ3) is 3.67. The third-order valence-electron chi connectivity index (χ3n) is 6.91. The SMILES string of the molecule is CC1=C(C)[C@@H](C2=C(O)C(C(C)(C)C)=C[C@H](C)[C@@H]2C)[C@@H](O)[C@@H](C(C)(C)C)C1. The summed E-state index contributed by atoms with van der Waals surface area (Å²) in [4.78, 5) is 0. The van der Waals surface area contributed by atoms with Crippen LogP contribution in [0.3, 0.4) is 0 Å². The molecule has 0 aromatic rings. The Morgan fingerprint density at radius 2 is 1.54 bits per heavy atom. The molecule has 0 fully saturated rings. The maximum absolute atomic E-state index is 11.4. The molecule has 0 heterocycles. The summed E-state index contributed by atoms with van der Waals surface area (Å²) in [6.07, 6.45) is 2.71. The molecule has 5 atom stereocenters. The van der Waals surface area contributed by atoms with Crippen molar-refractivity contribution in [1.29, 1.82) is 0 Å². The fourth-order valence-electron chi connectivity index (χ4n) is 4.78. The number of allylic oxidation sites excluding steroid dienone is 3. The van der Waals surface area contributed by atoms with Gasteiger partial charge in [-0.3, -0.25) is 0 Å². The molecule has 0 bridgehead atoms. The van der Waals surface area contributed by atoms with E-state index in [0.29, 0.717) is 11.7 Å². The lowest BCUT2D eigenvalue weighted by atomic mass is 9.60. The van der Waals surface area contributed by atoms with Gasteiger partial charge in [-0.25, -0.2) is 0 Å². The van der Waals surface area contributed by atoms with E-state index in [1.807, 2.05) is 0 Å². The highest BCUT2D eigenvalue weighted by Crippen LogP contribution is 2.51. The Morgan fingerprint density at radius 1 is 1.00 bits per heavy atom. The average molecular weight is 361 g/mol. The van der Waals surface area contributed by atoms with Crippen molar-refractivity contribution in [3.05, 3.63) is 34.1 Å². The second-order valence-electron chi connectivity index (χ2n) is 10.9. The fourth-order valence-corrected chi connectivity index (χ4v) is 4.78. The predicted octanol–water partition coefficient (Wildman–Crippen LogP) is 6.44. The average Bonchev–Trinajstić information content (AvgIpc) is 2.47. The Kier molecular flexibility index (Phi) is 5.61. The highest BCUT2D eigenvalue weighted by molar-refractivity contribution is 5.44. The number of hydrogen-bond acceptors (Lipinski definition) is 2. The second-order valence-corrected chi connectivity index (χ2v) is 10.9. The van der Waals surface area contributed by atoms with Crippen molar-refractivity contribution in [2.45, 2.75) is 81.8 Å². The predicted molar refractivity (Wildman–Crippen MR) is 111 cm³/mol. The summed E-state index contributed by atoms with van der Waals surface area (Å²) in [5.41, 5.74) is 4.60. The van der Waals surface area contributed by atoms with Gasteiger partial charge >= 0.3 is 0 Å². The summed E-state index contributed by atoms with van der Waals surface area (Å²) in [5, 5.41) is 22.7. The molecule has 0 aromatic heterocycles. The molecule has 0 saturated carbocycles. The van der Waals surface area contributed by atoms with E-state index < -0.39 is 6.10 Å². The van der Waals surface area contributed by atoms with E-state index in [-0.39, 0.29) is 28.6 Å². The lowest BCUT2D eigenvalue weighted by molar-refractivity contribution is 0.00747. The second kappa shape index (κ2) is 6.86. The molecular weight excluding hydrogens is 320 g/mol. The van der Waals surface area contributed by atoms with Crippen molar-refractivity contribution in [2.24, 2.45) is 34.5 Å². The molecule has 2 heteroatoms. The van der Waals surface area contributed by atoms with Crippen LogP contribution in [0.25, 0.3) is 0 Å². The van der Waals surface area contributed by atoms with Crippen LogP contribution in [-0.4, -0.2) is 16.3 Å². The van der Waals surface area contributed by atoms with E-state index in [1.165, 1.54) is 11.1 Å². The Labute approximate surface area is 161 Å². The van der Waals surface area contributed by atoms with Crippen LogP contribution in [0.2, 0.25) is 0 Å². The molecule has 0 aromatic carbocycles. The molecule has 2 rings (SSSR count). The van der Waals surface area contributed by atoms with Gasteiger partial charge in [0.15, 0.2) is 0 Å². The van der Waals surface area contributed by atoms with Crippen LogP contribution in [-0.2, 0) is 0 Å². The normalized spacial score (nSPS) is 34.3. The Balaban J connectivity index is 2.65. The fraction of sp³-hybridized carbons (Fsp3) is 0.750. The zero-order valence-corrected chi connectivity index (χ0v) is 18.6. The highest BCUT2D eigenvalue weighted by atomic mass is 16.3. The molecule has 2 nitrogen and oxygen atoms in total. The summed E-state index contributed by atoms with van der Waals surface area (Å²) in [6.45, 7) is 21.9. The molecule has 0 aliphatic heterocycles. The molecule has 0 saturated heterocycles. The molecule has 26 heavy (non-hydrogen) atoms. The van der Waals surface area contributed by atoms with Crippen LogP contribution >= 0.6 is 0 Å². The van der Waals surface area contributed by atoms with Gasteiger partial charge in [0.1, 0.15) is 5.76 Å². The first-order valence-electron chi connectivity index (χ1n) is 10.2. The monoisotopic (exact) mass is 360 g/mol.